The van der Waals surface area contributed by atoms with Gasteiger partial charge in [0, 0.05) is 47.2 Å². The van der Waals surface area contributed by atoms with E-state index in [9.17, 15) is 8.42 Å². The molecule has 3 aromatic carbocycles. The molecule has 0 radical (unpaired) electrons. The highest BCUT2D eigenvalue weighted by molar-refractivity contribution is 7.93. The first-order chi connectivity index (χ1) is 13.8. The average Bonchev–Trinajstić information content (AvgIpc) is 3.13. The van der Waals surface area contributed by atoms with Crippen molar-refractivity contribution in [2.75, 3.05) is 29.5 Å². The Morgan fingerprint density at radius 2 is 1.72 bits per heavy atom. The maximum absolute atomic E-state index is 13.2. The SMILES string of the molecule is CN(C)c1cccc2c(S(=O)(=O)Nc3cccc(-c4csc(N)n4)c3)cccc12. The van der Waals surface area contributed by atoms with E-state index < -0.39 is 10.0 Å². The fourth-order valence-electron chi connectivity index (χ4n) is 3.26. The quantitative estimate of drug-likeness (QED) is 0.495. The molecule has 4 rings (SSSR count). The summed E-state index contributed by atoms with van der Waals surface area (Å²) in [5.74, 6) is 0. The largest absolute Gasteiger partial charge is 0.377 e. The fraction of sp³-hybridized carbons (Fsp3) is 0.0952. The molecule has 0 spiro atoms. The van der Waals surface area contributed by atoms with E-state index in [0.717, 1.165) is 16.6 Å². The summed E-state index contributed by atoms with van der Waals surface area (Å²) in [5.41, 5.74) is 8.65. The molecule has 0 saturated carbocycles. The number of hydrogen-bond acceptors (Lipinski definition) is 6. The maximum atomic E-state index is 13.2. The van der Waals surface area contributed by atoms with Gasteiger partial charge in [-0.3, -0.25) is 4.72 Å². The number of nitrogens with zero attached hydrogens (tertiary/aromatic N) is 2. The molecule has 148 valence electrons. The highest BCUT2D eigenvalue weighted by Gasteiger charge is 2.19. The number of fused-ring (bicyclic) bond motifs is 1. The van der Waals surface area contributed by atoms with E-state index in [1.165, 1.54) is 11.3 Å². The molecule has 0 atom stereocenters. The molecule has 0 aliphatic carbocycles. The van der Waals surface area contributed by atoms with E-state index in [1.54, 1.807) is 30.3 Å². The van der Waals surface area contributed by atoms with Crippen LogP contribution < -0.4 is 15.4 Å². The topological polar surface area (TPSA) is 88.3 Å². The van der Waals surface area contributed by atoms with Crippen molar-refractivity contribution in [3.8, 4) is 11.3 Å². The Kier molecular flexibility index (Phi) is 4.89. The molecule has 0 amide bonds. The molecule has 3 N–H and O–H groups in total. The number of anilines is 3. The van der Waals surface area contributed by atoms with Gasteiger partial charge in [0.2, 0.25) is 0 Å². The number of hydrogen-bond donors (Lipinski definition) is 2. The van der Waals surface area contributed by atoms with E-state index in [-0.39, 0.29) is 4.90 Å². The van der Waals surface area contributed by atoms with Gasteiger partial charge < -0.3 is 10.6 Å². The number of nitrogen functional groups attached to an aromatic ring is 1. The van der Waals surface area contributed by atoms with Crippen LogP contribution in [0.25, 0.3) is 22.0 Å². The minimum Gasteiger partial charge on any atom is -0.377 e. The van der Waals surface area contributed by atoms with Crippen LogP contribution in [0.15, 0.2) is 70.9 Å². The van der Waals surface area contributed by atoms with E-state index in [2.05, 4.69) is 9.71 Å². The third kappa shape index (κ3) is 3.76. The zero-order valence-corrected chi connectivity index (χ0v) is 17.6. The third-order valence-electron chi connectivity index (χ3n) is 4.56. The number of sulfonamides is 1. The van der Waals surface area contributed by atoms with Gasteiger partial charge >= 0.3 is 0 Å². The molecule has 29 heavy (non-hydrogen) atoms. The Bertz CT molecular complexity index is 1300. The van der Waals surface area contributed by atoms with Gasteiger partial charge in [-0.05, 0) is 24.3 Å². The molecule has 4 aromatic rings. The summed E-state index contributed by atoms with van der Waals surface area (Å²) >= 11 is 1.34. The fourth-order valence-corrected chi connectivity index (χ4v) is 5.11. The lowest BCUT2D eigenvalue weighted by molar-refractivity contribution is 0.602. The van der Waals surface area contributed by atoms with Gasteiger partial charge in [0.1, 0.15) is 0 Å². The molecule has 0 fully saturated rings. The van der Waals surface area contributed by atoms with Crippen LogP contribution in [0.5, 0.6) is 0 Å². The van der Waals surface area contributed by atoms with Crippen LogP contribution >= 0.6 is 11.3 Å². The predicted molar refractivity (Wildman–Crippen MR) is 121 cm³/mol. The van der Waals surface area contributed by atoms with Crippen molar-refractivity contribution in [2.45, 2.75) is 4.90 Å². The Balaban J connectivity index is 1.74. The molecule has 1 aromatic heterocycles. The predicted octanol–water partition coefficient (Wildman–Crippen LogP) is 4.41. The van der Waals surface area contributed by atoms with Gasteiger partial charge in [-0.2, -0.15) is 0 Å². The monoisotopic (exact) mass is 424 g/mol. The zero-order valence-electron chi connectivity index (χ0n) is 16.0. The minimum absolute atomic E-state index is 0.238. The summed E-state index contributed by atoms with van der Waals surface area (Å²) in [6, 6.07) is 18.1. The third-order valence-corrected chi connectivity index (χ3v) is 6.68. The molecule has 0 aliphatic heterocycles. The second-order valence-electron chi connectivity index (χ2n) is 6.78. The number of nitrogens with one attached hydrogen (secondary N) is 1. The van der Waals surface area contributed by atoms with Crippen LogP contribution in [-0.4, -0.2) is 27.5 Å². The smallest absolute Gasteiger partial charge is 0.262 e. The van der Waals surface area contributed by atoms with Gasteiger partial charge in [-0.1, -0.05) is 36.4 Å². The van der Waals surface area contributed by atoms with Crippen molar-refractivity contribution in [1.29, 1.82) is 0 Å². The van der Waals surface area contributed by atoms with Crippen LogP contribution in [0.3, 0.4) is 0 Å². The van der Waals surface area contributed by atoms with Gasteiger partial charge in [-0.25, -0.2) is 13.4 Å². The van der Waals surface area contributed by atoms with Crippen molar-refractivity contribution in [3.63, 3.8) is 0 Å². The molecular formula is C21H20N4O2S2. The minimum atomic E-state index is -3.79. The van der Waals surface area contributed by atoms with Crippen molar-refractivity contribution in [2.24, 2.45) is 0 Å². The van der Waals surface area contributed by atoms with E-state index >= 15 is 0 Å². The molecule has 6 nitrogen and oxygen atoms in total. The Morgan fingerprint density at radius 3 is 2.45 bits per heavy atom. The van der Waals surface area contributed by atoms with Crippen LogP contribution in [-0.2, 0) is 10.0 Å². The number of benzene rings is 3. The molecule has 0 unspecified atom stereocenters. The summed E-state index contributed by atoms with van der Waals surface area (Å²) in [4.78, 5) is 6.46. The second-order valence-corrected chi connectivity index (χ2v) is 9.32. The lowest BCUT2D eigenvalue weighted by atomic mass is 10.1. The standard InChI is InChI=1S/C21H20N4O2S2/c1-25(2)19-10-4-9-17-16(19)8-5-11-20(17)29(26,27)24-15-7-3-6-14(12-15)18-13-28-21(22)23-18/h3-13,24H,1-2H3,(H2,22,23). The van der Waals surface area contributed by atoms with Crippen molar-refractivity contribution < 1.29 is 8.42 Å². The molecule has 1 heterocycles. The number of thiazole rings is 1. The number of nitrogens with two attached hydrogens (primary N) is 1. The molecule has 8 heteroatoms. The van der Waals surface area contributed by atoms with E-state index in [1.807, 2.05) is 54.7 Å². The Morgan fingerprint density at radius 1 is 1.00 bits per heavy atom. The first-order valence-electron chi connectivity index (χ1n) is 8.88. The summed E-state index contributed by atoms with van der Waals surface area (Å²) in [6.07, 6.45) is 0. The van der Waals surface area contributed by atoms with Gasteiger partial charge in [0.05, 0.1) is 10.6 Å². The second kappa shape index (κ2) is 7.38. The zero-order chi connectivity index (χ0) is 20.6. The Labute approximate surface area is 173 Å². The first kappa shape index (κ1) is 19.2. The first-order valence-corrected chi connectivity index (χ1v) is 11.2. The summed E-state index contributed by atoms with van der Waals surface area (Å²) in [7, 11) is 0.0837. The summed E-state index contributed by atoms with van der Waals surface area (Å²) in [5, 5.41) is 3.87. The van der Waals surface area contributed by atoms with E-state index in [0.29, 0.717) is 21.9 Å². The van der Waals surface area contributed by atoms with Crippen LogP contribution in [0.4, 0.5) is 16.5 Å². The molecular weight excluding hydrogens is 404 g/mol. The van der Waals surface area contributed by atoms with Gasteiger partial charge in [-0.15, -0.1) is 11.3 Å². The molecule has 0 bridgehead atoms. The van der Waals surface area contributed by atoms with Crippen molar-refractivity contribution >= 4 is 48.6 Å². The van der Waals surface area contributed by atoms with Crippen molar-refractivity contribution in [1.82, 2.24) is 4.98 Å². The number of aromatic nitrogens is 1. The highest BCUT2D eigenvalue weighted by atomic mass is 32.2. The summed E-state index contributed by atoms with van der Waals surface area (Å²) < 4.78 is 29.1. The lowest BCUT2D eigenvalue weighted by Crippen LogP contribution is -2.14. The van der Waals surface area contributed by atoms with Crippen LogP contribution in [0.1, 0.15) is 0 Å². The maximum Gasteiger partial charge on any atom is 0.262 e. The average molecular weight is 425 g/mol. The summed E-state index contributed by atoms with van der Waals surface area (Å²) in [6.45, 7) is 0. The number of rotatable bonds is 5. The highest BCUT2D eigenvalue weighted by Crippen LogP contribution is 2.32. The van der Waals surface area contributed by atoms with Gasteiger partial charge in [0.15, 0.2) is 5.13 Å². The van der Waals surface area contributed by atoms with E-state index in [4.69, 9.17) is 5.73 Å². The molecule has 0 aliphatic rings. The van der Waals surface area contributed by atoms with Crippen LogP contribution in [0, 0.1) is 0 Å². The van der Waals surface area contributed by atoms with Crippen molar-refractivity contribution in [3.05, 3.63) is 66.0 Å². The Hall–Kier alpha value is -3.10. The van der Waals surface area contributed by atoms with Crippen LogP contribution in [0.2, 0.25) is 0 Å². The normalized spacial score (nSPS) is 11.5. The molecule has 0 saturated heterocycles. The van der Waals surface area contributed by atoms with Gasteiger partial charge in [0.25, 0.3) is 10.0 Å². The lowest BCUT2D eigenvalue weighted by Gasteiger charge is -2.17.